The van der Waals surface area contributed by atoms with Gasteiger partial charge in [0.15, 0.2) is 0 Å². The number of aliphatic hydroxyl groups excluding tert-OH is 1. The topological polar surface area (TPSA) is 85.9 Å². The number of benzene rings is 1. The molecule has 2 fully saturated rings. The van der Waals surface area contributed by atoms with Crippen molar-refractivity contribution in [1.29, 1.82) is 0 Å². The largest absolute Gasteiger partial charge is 0.445 e. The van der Waals surface area contributed by atoms with E-state index in [0.29, 0.717) is 37.0 Å². The van der Waals surface area contributed by atoms with Gasteiger partial charge in [0, 0.05) is 57.1 Å². The van der Waals surface area contributed by atoms with Gasteiger partial charge >= 0.3 is 0 Å². The second kappa shape index (κ2) is 12.5. The minimum atomic E-state index is -0.291. The lowest BCUT2D eigenvalue weighted by Crippen LogP contribution is -2.44. The molecule has 0 spiro atoms. The highest BCUT2D eigenvalue weighted by molar-refractivity contribution is 5.94. The van der Waals surface area contributed by atoms with Gasteiger partial charge in [-0.05, 0) is 86.9 Å². The van der Waals surface area contributed by atoms with Crippen LogP contribution < -0.4 is 14.7 Å². The summed E-state index contributed by atoms with van der Waals surface area (Å²) in [5, 5.41) is 10.00. The SMILES string of the molecule is CN(C)c1ccc(N2CCC(CN(C(=O)C3CCC(O)CC3)c3cccc(C=Cc4ncco4)n3)CC2)cc1. The molecule has 3 aromatic rings. The van der Waals surface area contributed by atoms with Gasteiger partial charge in [-0.15, -0.1) is 0 Å². The van der Waals surface area contributed by atoms with Crippen molar-refractivity contribution in [2.45, 2.75) is 44.6 Å². The second-order valence-electron chi connectivity index (χ2n) is 10.9. The number of hydrogen-bond acceptors (Lipinski definition) is 7. The van der Waals surface area contributed by atoms with Crippen LogP contribution in [0, 0.1) is 11.8 Å². The van der Waals surface area contributed by atoms with Gasteiger partial charge < -0.3 is 19.3 Å². The molecule has 0 radical (unpaired) electrons. The zero-order chi connectivity index (χ0) is 27.2. The van der Waals surface area contributed by atoms with E-state index in [4.69, 9.17) is 9.40 Å². The lowest BCUT2D eigenvalue weighted by Gasteiger charge is -2.37. The van der Waals surface area contributed by atoms with Crippen molar-refractivity contribution in [3.05, 3.63) is 66.5 Å². The van der Waals surface area contributed by atoms with Crippen LogP contribution in [0.5, 0.6) is 0 Å². The average molecular weight is 530 g/mol. The minimum absolute atomic E-state index is 0.0722. The van der Waals surface area contributed by atoms with E-state index in [1.165, 1.54) is 17.6 Å². The fourth-order valence-corrected chi connectivity index (χ4v) is 5.59. The summed E-state index contributed by atoms with van der Waals surface area (Å²) in [7, 11) is 4.11. The van der Waals surface area contributed by atoms with Gasteiger partial charge in [-0.3, -0.25) is 9.69 Å². The minimum Gasteiger partial charge on any atom is -0.445 e. The van der Waals surface area contributed by atoms with Crippen molar-refractivity contribution in [1.82, 2.24) is 9.97 Å². The van der Waals surface area contributed by atoms with Crippen molar-refractivity contribution in [2.24, 2.45) is 11.8 Å². The highest BCUT2D eigenvalue weighted by Gasteiger charge is 2.32. The first-order valence-electron chi connectivity index (χ1n) is 14.0. The molecule has 0 atom stereocenters. The Kier molecular flexibility index (Phi) is 8.61. The number of aliphatic hydroxyl groups is 1. The van der Waals surface area contributed by atoms with Crippen LogP contribution in [0.2, 0.25) is 0 Å². The van der Waals surface area contributed by atoms with Gasteiger partial charge in [-0.2, -0.15) is 0 Å². The highest BCUT2D eigenvalue weighted by atomic mass is 16.3. The number of carbonyl (C=O) groups excluding carboxylic acids is 1. The molecule has 1 saturated heterocycles. The van der Waals surface area contributed by atoms with E-state index in [0.717, 1.165) is 44.5 Å². The summed E-state index contributed by atoms with van der Waals surface area (Å²) in [5.41, 5.74) is 3.20. The van der Waals surface area contributed by atoms with E-state index < -0.39 is 0 Å². The van der Waals surface area contributed by atoms with E-state index in [2.05, 4.69) is 53.1 Å². The molecule has 8 nitrogen and oxygen atoms in total. The number of oxazole rings is 1. The Morgan fingerprint density at radius 3 is 2.44 bits per heavy atom. The van der Waals surface area contributed by atoms with Crippen LogP contribution in [0.25, 0.3) is 12.2 Å². The third-order valence-electron chi connectivity index (χ3n) is 7.98. The molecule has 1 aliphatic carbocycles. The molecule has 1 aromatic carbocycles. The number of piperidine rings is 1. The van der Waals surface area contributed by atoms with Crippen molar-refractivity contribution in [3.63, 3.8) is 0 Å². The lowest BCUT2D eigenvalue weighted by atomic mass is 9.86. The quantitative estimate of drug-likeness (QED) is 0.434. The second-order valence-corrected chi connectivity index (χ2v) is 10.9. The van der Waals surface area contributed by atoms with Gasteiger partial charge in [0.1, 0.15) is 12.1 Å². The Morgan fingerprint density at radius 2 is 1.77 bits per heavy atom. The third kappa shape index (κ3) is 6.87. The molecule has 3 heterocycles. The molecule has 39 heavy (non-hydrogen) atoms. The van der Waals surface area contributed by atoms with Crippen LogP contribution >= 0.6 is 0 Å². The predicted octanol–water partition coefficient (Wildman–Crippen LogP) is 5.11. The van der Waals surface area contributed by atoms with Crippen LogP contribution in [0.3, 0.4) is 0 Å². The Hall–Kier alpha value is -3.65. The molecule has 206 valence electrons. The zero-order valence-corrected chi connectivity index (χ0v) is 22.9. The number of amides is 1. The number of pyridine rings is 1. The number of carbonyl (C=O) groups is 1. The van der Waals surface area contributed by atoms with E-state index in [9.17, 15) is 9.90 Å². The molecule has 0 bridgehead atoms. The van der Waals surface area contributed by atoms with Gasteiger partial charge in [0.2, 0.25) is 11.8 Å². The summed E-state index contributed by atoms with van der Waals surface area (Å²) >= 11 is 0. The monoisotopic (exact) mass is 529 g/mol. The summed E-state index contributed by atoms with van der Waals surface area (Å²) < 4.78 is 5.30. The summed E-state index contributed by atoms with van der Waals surface area (Å²) in [6.45, 7) is 2.59. The molecule has 5 rings (SSSR count). The molecule has 8 heteroatoms. The number of hydrogen-bond donors (Lipinski definition) is 1. The molecular weight excluding hydrogens is 490 g/mol. The fourth-order valence-electron chi connectivity index (χ4n) is 5.59. The predicted molar refractivity (Wildman–Crippen MR) is 156 cm³/mol. The van der Waals surface area contributed by atoms with Crippen molar-refractivity contribution in [2.75, 3.05) is 48.4 Å². The van der Waals surface area contributed by atoms with Crippen molar-refractivity contribution < 1.29 is 14.3 Å². The van der Waals surface area contributed by atoms with E-state index in [1.54, 1.807) is 12.3 Å². The Bertz CT molecular complexity index is 1230. The maximum Gasteiger partial charge on any atom is 0.231 e. The number of nitrogens with zero attached hydrogens (tertiary/aromatic N) is 5. The van der Waals surface area contributed by atoms with E-state index >= 15 is 0 Å². The molecule has 2 aromatic heterocycles. The van der Waals surface area contributed by atoms with E-state index in [-0.39, 0.29) is 17.9 Å². The molecule has 1 saturated carbocycles. The molecule has 2 aliphatic rings. The van der Waals surface area contributed by atoms with Crippen molar-refractivity contribution in [3.8, 4) is 0 Å². The normalized spacial score (nSPS) is 20.3. The molecular formula is C31H39N5O3. The first-order chi connectivity index (χ1) is 19.0. The van der Waals surface area contributed by atoms with Crippen LogP contribution in [0.1, 0.15) is 50.1 Å². The Labute approximate surface area is 231 Å². The van der Waals surface area contributed by atoms with Gasteiger partial charge in [0.05, 0.1) is 18.0 Å². The smallest absolute Gasteiger partial charge is 0.231 e. The standard InChI is InChI=1S/C31H39N5O3/c1-34(2)26-9-11-27(12-10-26)35-19-16-23(17-20-35)22-36(31(38)24-6-13-28(37)14-7-24)29-5-3-4-25(33-29)8-15-30-32-18-21-39-30/h3-5,8-12,15,18,21,23-24,28,37H,6-7,13-14,16-17,19-20,22H2,1-2H3. The summed E-state index contributed by atoms with van der Waals surface area (Å²) in [4.78, 5) is 29.3. The van der Waals surface area contributed by atoms with E-state index in [1.807, 2.05) is 29.2 Å². The number of anilines is 3. The van der Waals surface area contributed by atoms with Gasteiger partial charge in [-0.1, -0.05) is 6.07 Å². The Balaban J connectivity index is 1.29. The maximum absolute atomic E-state index is 13.9. The third-order valence-corrected chi connectivity index (χ3v) is 7.98. The molecule has 1 N–H and O–H groups in total. The van der Waals surface area contributed by atoms with Gasteiger partial charge in [0.25, 0.3) is 0 Å². The van der Waals surface area contributed by atoms with Crippen LogP contribution in [0.4, 0.5) is 17.2 Å². The van der Waals surface area contributed by atoms with Gasteiger partial charge in [-0.25, -0.2) is 9.97 Å². The summed E-state index contributed by atoms with van der Waals surface area (Å²) in [6, 6.07) is 14.5. The summed E-state index contributed by atoms with van der Waals surface area (Å²) in [6.07, 6.45) is 11.3. The van der Waals surface area contributed by atoms with Crippen LogP contribution in [-0.4, -0.2) is 60.8 Å². The highest BCUT2D eigenvalue weighted by Crippen LogP contribution is 2.31. The summed E-state index contributed by atoms with van der Waals surface area (Å²) in [5.74, 6) is 1.65. The maximum atomic E-state index is 13.9. The Morgan fingerprint density at radius 1 is 1.03 bits per heavy atom. The first-order valence-corrected chi connectivity index (χ1v) is 14.0. The van der Waals surface area contributed by atoms with Crippen LogP contribution in [-0.2, 0) is 4.79 Å². The van der Waals surface area contributed by atoms with Crippen LogP contribution in [0.15, 0.2) is 59.3 Å². The fraction of sp³-hybridized carbons (Fsp3) is 0.452. The molecule has 0 unspecified atom stereocenters. The molecule has 1 amide bonds. The number of rotatable bonds is 8. The zero-order valence-electron chi connectivity index (χ0n) is 22.9. The first kappa shape index (κ1) is 26.9. The molecule has 1 aliphatic heterocycles. The van der Waals surface area contributed by atoms with Crippen molar-refractivity contribution >= 4 is 35.3 Å². The number of aromatic nitrogens is 2. The lowest BCUT2D eigenvalue weighted by molar-refractivity contribution is -0.124. The average Bonchev–Trinajstić information content (AvgIpc) is 3.49.